The van der Waals surface area contributed by atoms with Gasteiger partial charge in [0.05, 0.1) is 0 Å². The number of hydrogen-bond acceptors (Lipinski definition) is 1. The zero-order valence-corrected chi connectivity index (χ0v) is 6.10. The number of pyridine rings is 1. The third-order valence-electron chi connectivity index (χ3n) is 1.63. The molecule has 0 spiro atoms. The molecule has 2 heteroatoms. The zero-order chi connectivity index (χ0) is 6.97. The molecule has 0 aromatic carbocycles. The van der Waals surface area contributed by atoms with E-state index in [1.54, 1.807) is 6.20 Å². The van der Waals surface area contributed by atoms with Crippen LogP contribution < -0.4 is 0 Å². The maximum absolute atomic E-state index is 5.68. The van der Waals surface area contributed by atoms with E-state index in [2.05, 4.69) is 17.1 Å². The van der Waals surface area contributed by atoms with Gasteiger partial charge in [-0.3, -0.25) is 0 Å². The van der Waals surface area contributed by atoms with Gasteiger partial charge in [0.2, 0.25) is 0 Å². The summed E-state index contributed by atoms with van der Waals surface area (Å²) in [5.41, 5.74) is 2.48. The van der Waals surface area contributed by atoms with Crippen LogP contribution in [0.25, 0.3) is 6.08 Å². The zero-order valence-electron chi connectivity index (χ0n) is 5.34. The van der Waals surface area contributed by atoms with Gasteiger partial charge in [0.25, 0.3) is 0 Å². The van der Waals surface area contributed by atoms with Gasteiger partial charge in [0, 0.05) is 6.20 Å². The Kier molecular flexibility index (Phi) is 1.24. The molecule has 1 nitrogen and oxygen atoms in total. The molecule has 0 bridgehead atoms. The van der Waals surface area contributed by atoms with E-state index in [4.69, 9.17) is 11.6 Å². The van der Waals surface area contributed by atoms with Crippen LogP contribution in [-0.4, -0.2) is 4.98 Å². The Hall–Kier alpha value is -0.820. The molecule has 1 heterocycles. The maximum atomic E-state index is 5.68. The molecule has 2 rings (SSSR count). The molecule has 0 unspecified atom stereocenters. The highest BCUT2D eigenvalue weighted by atomic mass is 35.5. The standard InChI is InChI=1S/C8H6ClN/c9-8-4-6-2-1-3-7(6)5-10-8/h1,3-5H,2H2. The molecular formula is C8H6ClN. The largest absolute Gasteiger partial charge is 0.244 e. The first kappa shape index (κ1) is 5.93. The second-order valence-corrected chi connectivity index (χ2v) is 2.70. The number of fused-ring (bicyclic) bond motifs is 1. The predicted octanol–water partition coefficient (Wildman–Crippen LogP) is 2.30. The summed E-state index contributed by atoms with van der Waals surface area (Å²) in [6, 6.07) is 1.91. The molecule has 1 aromatic rings. The van der Waals surface area contributed by atoms with Gasteiger partial charge in [-0.2, -0.15) is 0 Å². The molecule has 0 fully saturated rings. The summed E-state index contributed by atoms with van der Waals surface area (Å²) >= 11 is 5.68. The van der Waals surface area contributed by atoms with Gasteiger partial charge in [-0.05, 0) is 23.6 Å². The van der Waals surface area contributed by atoms with Crippen LogP contribution in [0.15, 0.2) is 18.3 Å². The molecule has 0 radical (unpaired) electrons. The first-order chi connectivity index (χ1) is 4.86. The number of nitrogens with zero attached hydrogens (tertiary/aromatic N) is 1. The molecule has 10 heavy (non-hydrogen) atoms. The van der Waals surface area contributed by atoms with Crippen molar-refractivity contribution in [3.63, 3.8) is 0 Å². The van der Waals surface area contributed by atoms with Gasteiger partial charge in [0.15, 0.2) is 0 Å². The van der Waals surface area contributed by atoms with Crippen LogP contribution in [0.1, 0.15) is 11.1 Å². The van der Waals surface area contributed by atoms with Gasteiger partial charge in [-0.1, -0.05) is 23.8 Å². The topological polar surface area (TPSA) is 12.9 Å². The third kappa shape index (κ3) is 0.830. The number of rotatable bonds is 0. The minimum atomic E-state index is 0.586. The molecule has 50 valence electrons. The summed E-state index contributed by atoms with van der Waals surface area (Å²) in [5.74, 6) is 0. The van der Waals surface area contributed by atoms with Gasteiger partial charge in [-0.25, -0.2) is 4.98 Å². The van der Waals surface area contributed by atoms with Crippen molar-refractivity contribution in [1.29, 1.82) is 0 Å². The second kappa shape index (κ2) is 2.10. The summed E-state index contributed by atoms with van der Waals surface area (Å²) in [6.45, 7) is 0. The lowest BCUT2D eigenvalue weighted by Crippen LogP contribution is -1.83. The monoisotopic (exact) mass is 151 g/mol. The lowest BCUT2D eigenvalue weighted by atomic mass is 10.2. The van der Waals surface area contributed by atoms with Crippen molar-refractivity contribution in [3.8, 4) is 0 Å². The van der Waals surface area contributed by atoms with Crippen molar-refractivity contribution in [2.75, 3.05) is 0 Å². The normalized spacial score (nSPS) is 13.7. The fourth-order valence-corrected chi connectivity index (χ4v) is 1.30. The van der Waals surface area contributed by atoms with Crippen molar-refractivity contribution in [3.05, 3.63) is 34.6 Å². The molecule has 0 atom stereocenters. The molecule has 0 saturated heterocycles. The lowest BCUT2D eigenvalue weighted by molar-refractivity contribution is 1.23. The van der Waals surface area contributed by atoms with E-state index in [0.717, 1.165) is 6.42 Å². The Morgan fingerprint density at radius 1 is 1.50 bits per heavy atom. The molecule has 0 N–H and O–H groups in total. The second-order valence-electron chi connectivity index (χ2n) is 2.31. The average molecular weight is 152 g/mol. The Morgan fingerprint density at radius 3 is 3.30 bits per heavy atom. The highest BCUT2D eigenvalue weighted by Crippen LogP contribution is 2.20. The average Bonchev–Trinajstić information content (AvgIpc) is 2.33. The summed E-state index contributed by atoms with van der Waals surface area (Å²) in [5, 5.41) is 0.586. The van der Waals surface area contributed by atoms with Crippen molar-refractivity contribution in [2.45, 2.75) is 6.42 Å². The summed E-state index contributed by atoms with van der Waals surface area (Å²) in [7, 11) is 0. The van der Waals surface area contributed by atoms with E-state index in [-0.39, 0.29) is 0 Å². The molecule has 1 aromatic heterocycles. The van der Waals surface area contributed by atoms with Crippen LogP contribution in [0.5, 0.6) is 0 Å². The van der Waals surface area contributed by atoms with Crippen molar-refractivity contribution >= 4 is 17.7 Å². The van der Waals surface area contributed by atoms with Gasteiger partial charge >= 0.3 is 0 Å². The Morgan fingerprint density at radius 2 is 2.40 bits per heavy atom. The molecule has 0 aliphatic heterocycles. The first-order valence-corrected chi connectivity index (χ1v) is 3.55. The van der Waals surface area contributed by atoms with Crippen LogP contribution in [0, 0.1) is 0 Å². The Balaban J connectivity index is 2.59. The first-order valence-electron chi connectivity index (χ1n) is 3.17. The fourth-order valence-electron chi connectivity index (χ4n) is 1.12. The van der Waals surface area contributed by atoms with Crippen LogP contribution in [-0.2, 0) is 6.42 Å². The smallest absolute Gasteiger partial charge is 0.129 e. The fraction of sp³-hybridized carbons (Fsp3) is 0.125. The van der Waals surface area contributed by atoms with Crippen molar-refractivity contribution in [1.82, 2.24) is 4.98 Å². The number of aromatic nitrogens is 1. The molecule has 0 amide bonds. The number of halogens is 1. The van der Waals surface area contributed by atoms with E-state index in [1.807, 2.05) is 6.07 Å². The van der Waals surface area contributed by atoms with Crippen molar-refractivity contribution < 1.29 is 0 Å². The van der Waals surface area contributed by atoms with E-state index < -0.39 is 0 Å². The minimum Gasteiger partial charge on any atom is -0.244 e. The van der Waals surface area contributed by atoms with E-state index >= 15 is 0 Å². The Labute approximate surface area is 64.4 Å². The summed E-state index contributed by atoms with van der Waals surface area (Å²) < 4.78 is 0. The van der Waals surface area contributed by atoms with E-state index in [0.29, 0.717) is 5.15 Å². The lowest BCUT2D eigenvalue weighted by Gasteiger charge is -1.95. The highest BCUT2D eigenvalue weighted by molar-refractivity contribution is 6.29. The summed E-state index contributed by atoms with van der Waals surface area (Å²) in [4.78, 5) is 3.96. The van der Waals surface area contributed by atoms with Gasteiger partial charge in [0.1, 0.15) is 5.15 Å². The van der Waals surface area contributed by atoms with Gasteiger partial charge < -0.3 is 0 Å². The van der Waals surface area contributed by atoms with E-state index in [9.17, 15) is 0 Å². The van der Waals surface area contributed by atoms with Crippen LogP contribution in [0.2, 0.25) is 5.15 Å². The van der Waals surface area contributed by atoms with Crippen LogP contribution >= 0.6 is 11.6 Å². The van der Waals surface area contributed by atoms with Crippen LogP contribution in [0.3, 0.4) is 0 Å². The third-order valence-corrected chi connectivity index (χ3v) is 1.83. The molecule has 1 aliphatic rings. The molecule has 1 aliphatic carbocycles. The maximum Gasteiger partial charge on any atom is 0.129 e. The minimum absolute atomic E-state index is 0.586. The highest BCUT2D eigenvalue weighted by Gasteiger charge is 2.04. The molecular weight excluding hydrogens is 146 g/mol. The summed E-state index contributed by atoms with van der Waals surface area (Å²) in [6.07, 6.45) is 6.99. The number of hydrogen-bond donors (Lipinski definition) is 0. The van der Waals surface area contributed by atoms with Crippen LogP contribution in [0.4, 0.5) is 0 Å². The van der Waals surface area contributed by atoms with E-state index in [1.165, 1.54) is 11.1 Å². The molecule has 0 saturated carbocycles. The van der Waals surface area contributed by atoms with Gasteiger partial charge in [-0.15, -0.1) is 0 Å². The Bertz CT molecular complexity index is 291. The van der Waals surface area contributed by atoms with Crippen molar-refractivity contribution in [2.24, 2.45) is 0 Å². The predicted molar refractivity (Wildman–Crippen MR) is 42.0 cm³/mol. The SMILES string of the molecule is Clc1cc2c(cn1)C=CC2. The number of allylic oxidation sites excluding steroid dienone is 1. The quantitative estimate of drug-likeness (QED) is 0.519.